The Morgan fingerprint density at radius 3 is 2.60 bits per heavy atom. The number of hydrogen-bond acceptors (Lipinski definition) is 9. The van der Waals surface area contributed by atoms with E-state index >= 15 is 0 Å². The van der Waals surface area contributed by atoms with Gasteiger partial charge in [0.05, 0.1) is 24.9 Å². The van der Waals surface area contributed by atoms with Crippen LogP contribution in [-0.4, -0.2) is 50.4 Å². The maximum absolute atomic E-state index is 12.5. The van der Waals surface area contributed by atoms with Crippen LogP contribution in [0.2, 0.25) is 0 Å². The third-order valence-electron chi connectivity index (χ3n) is 5.40. The number of aliphatic imine (C=N–C) groups is 1. The molecule has 11 nitrogen and oxygen atoms in total. The Bertz CT molecular complexity index is 1150. The number of aromatic nitrogens is 2. The quantitative estimate of drug-likeness (QED) is 0.355. The van der Waals surface area contributed by atoms with Gasteiger partial charge in [-0.1, -0.05) is 13.3 Å². The summed E-state index contributed by atoms with van der Waals surface area (Å²) in [5.74, 6) is -1.54. The number of nitrogens with zero attached hydrogens (tertiary/aromatic N) is 3. The third-order valence-corrected chi connectivity index (χ3v) is 5.40. The lowest BCUT2D eigenvalue weighted by atomic mass is 10.0. The number of unbranched alkanes of at least 4 members (excludes halogenated alkanes) is 1. The average Bonchev–Trinajstić information content (AvgIpc) is 2.84. The van der Waals surface area contributed by atoms with Gasteiger partial charge in [-0.05, 0) is 37.1 Å². The summed E-state index contributed by atoms with van der Waals surface area (Å²) >= 11 is 0. The van der Waals surface area contributed by atoms with Crippen molar-refractivity contribution in [3.8, 4) is 0 Å². The lowest BCUT2D eigenvalue weighted by molar-refractivity contribution is -0.139. The Morgan fingerprint density at radius 1 is 1.17 bits per heavy atom. The predicted octanol–water partition coefficient (Wildman–Crippen LogP) is 2.39. The molecule has 1 amide bonds. The van der Waals surface area contributed by atoms with E-state index in [-0.39, 0.29) is 60.3 Å². The normalized spacial score (nSPS) is 13.4. The lowest BCUT2D eigenvalue weighted by Crippen LogP contribution is -2.41. The van der Waals surface area contributed by atoms with Gasteiger partial charge in [-0.3, -0.25) is 14.4 Å². The molecule has 0 unspecified atom stereocenters. The average molecular weight is 481 g/mol. The number of fused-ring (bicyclic) bond motifs is 1. The Balaban J connectivity index is 1.55. The van der Waals surface area contributed by atoms with Crippen molar-refractivity contribution in [2.45, 2.75) is 58.0 Å². The molecule has 0 fully saturated rings. The minimum atomic E-state index is -1.18. The summed E-state index contributed by atoms with van der Waals surface area (Å²) in [4.78, 5) is 60.4. The lowest BCUT2D eigenvalue weighted by Gasteiger charge is -2.15. The van der Waals surface area contributed by atoms with Gasteiger partial charge in [-0.15, -0.1) is 0 Å². The first kappa shape index (κ1) is 25.5. The highest BCUT2D eigenvalue weighted by molar-refractivity contribution is 6.13. The second-order valence-electron chi connectivity index (χ2n) is 8.21. The monoisotopic (exact) mass is 480 g/mol. The minimum absolute atomic E-state index is 0.00684. The molecule has 1 aliphatic heterocycles. The van der Waals surface area contributed by atoms with E-state index < -0.39 is 17.9 Å². The van der Waals surface area contributed by atoms with Crippen LogP contribution in [0.3, 0.4) is 0 Å². The van der Waals surface area contributed by atoms with E-state index in [2.05, 4.69) is 25.6 Å². The minimum Gasteiger partial charge on any atom is -0.480 e. The largest absolute Gasteiger partial charge is 0.480 e. The standard InChI is InChI=1S/C24H28N6O5/c1-2-3-4-17(31)9-10-18(24(34)35)29-23(33)14-5-7-15(8-6-14)26-12-16-13-27-22-21(28-16)19(32)11-20(25)30-22/h5-8,13,18,26H,2-4,9-12H2,1H3,(H,29,33)(H,34,35)(H2,25,27,30)/t18-/m0/s1. The third kappa shape index (κ3) is 7.16. The summed E-state index contributed by atoms with van der Waals surface area (Å²) in [5.41, 5.74) is 7.30. The Kier molecular flexibility index (Phi) is 8.60. The number of anilines is 1. The van der Waals surface area contributed by atoms with Gasteiger partial charge in [0, 0.05) is 24.1 Å². The predicted molar refractivity (Wildman–Crippen MR) is 129 cm³/mol. The van der Waals surface area contributed by atoms with Crippen LogP contribution in [0.5, 0.6) is 0 Å². The van der Waals surface area contributed by atoms with Crippen LogP contribution in [0.1, 0.15) is 72.0 Å². The fourth-order valence-electron chi connectivity index (χ4n) is 3.43. The summed E-state index contributed by atoms with van der Waals surface area (Å²) in [6.07, 6.45) is 3.75. The molecule has 0 spiro atoms. The van der Waals surface area contributed by atoms with E-state index in [1.54, 1.807) is 24.3 Å². The maximum atomic E-state index is 12.5. The van der Waals surface area contributed by atoms with Gasteiger partial charge in [0.2, 0.25) is 0 Å². The number of carboxylic acid groups (broad SMARTS) is 1. The van der Waals surface area contributed by atoms with E-state index in [1.165, 1.54) is 6.20 Å². The number of carboxylic acids is 1. The van der Waals surface area contributed by atoms with Gasteiger partial charge in [0.15, 0.2) is 17.3 Å². The number of rotatable bonds is 12. The summed E-state index contributed by atoms with van der Waals surface area (Å²) in [6, 6.07) is 5.31. The van der Waals surface area contributed by atoms with Crippen LogP contribution in [0.15, 0.2) is 35.5 Å². The van der Waals surface area contributed by atoms with Crippen molar-refractivity contribution in [3.05, 3.63) is 47.4 Å². The van der Waals surface area contributed by atoms with Gasteiger partial charge in [0.25, 0.3) is 5.91 Å². The fraction of sp³-hybridized carbons (Fsp3) is 0.375. The molecule has 0 aliphatic carbocycles. The zero-order valence-electron chi connectivity index (χ0n) is 19.4. The van der Waals surface area contributed by atoms with Crippen LogP contribution in [0.4, 0.5) is 11.5 Å². The molecule has 5 N–H and O–H groups in total. The number of carbonyl (C=O) groups excluding carboxylic acids is 3. The second kappa shape index (κ2) is 11.8. The molecule has 184 valence electrons. The molecule has 1 aromatic heterocycles. The number of nitrogens with two attached hydrogens (primary N) is 1. The van der Waals surface area contributed by atoms with Crippen molar-refractivity contribution < 1.29 is 24.3 Å². The number of hydrogen-bond donors (Lipinski definition) is 4. The summed E-state index contributed by atoms with van der Waals surface area (Å²) in [6.45, 7) is 2.26. The van der Waals surface area contributed by atoms with Crippen molar-refractivity contribution in [1.29, 1.82) is 0 Å². The number of ketones is 2. The molecule has 2 aromatic rings. The molecule has 0 bridgehead atoms. The van der Waals surface area contributed by atoms with Crippen LogP contribution >= 0.6 is 0 Å². The molecule has 1 atom stereocenters. The number of benzene rings is 1. The van der Waals surface area contributed by atoms with E-state index in [9.17, 15) is 24.3 Å². The number of nitrogens with one attached hydrogen (secondary N) is 2. The molecule has 2 heterocycles. The topological polar surface area (TPSA) is 177 Å². The summed E-state index contributed by atoms with van der Waals surface area (Å²) in [5, 5.41) is 15.0. The molecule has 1 aromatic carbocycles. The van der Waals surface area contributed by atoms with Gasteiger partial charge >= 0.3 is 5.97 Å². The van der Waals surface area contributed by atoms with Crippen molar-refractivity contribution in [2.24, 2.45) is 10.7 Å². The van der Waals surface area contributed by atoms with Crippen LogP contribution in [0, 0.1) is 0 Å². The van der Waals surface area contributed by atoms with E-state index in [0.717, 1.165) is 12.8 Å². The Morgan fingerprint density at radius 2 is 1.91 bits per heavy atom. The van der Waals surface area contributed by atoms with E-state index in [0.29, 0.717) is 17.8 Å². The summed E-state index contributed by atoms with van der Waals surface area (Å²) in [7, 11) is 0. The van der Waals surface area contributed by atoms with Crippen LogP contribution in [0.25, 0.3) is 0 Å². The van der Waals surface area contributed by atoms with Crippen molar-refractivity contribution >= 4 is 40.8 Å². The first-order valence-corrected chi connectivity index (χ1v) is 11.4. The van der Waals surface area contributed by atoms with Crippen LogP contribution in [-0.2, 0) is 16.1 Å². The van der Waals surface area contributed by atoms with Crippen molar-refractivity contribution in [1.82, 2.24) is 15.3 Å². The molecule has 3 rings (SSSR count). The van der Waals surface area contributed by atoms with Crippen LogP contribution < -0.4 is 16.4 Å². The highest BCUT2D eigenvalue weighted by Crippen LogP contribution is 2.21. The SMILES string of the molecule is CCCCC(=O)CC[C@H](NC(=O)c1ccc(NCc2cnc3c(n2)C(=O)CC(N)=N3)cc1)C(=O)O. The van der Waals surface area contributed by atoms with E-state index in [4.69, 9.17) is 5.73 Å². The molecule has 1 aliphatic rings. The molecule has 0 radical (unpaired) electrons. The number of aliphatic carboxylic acids is 1. The summed E-state index contributed by atoms with van der Waals surface area (Å²) < 4.78 is 0. The fourth-order valence-corrected chi connectivity index (χ4v) is 3.43. The molecular weight excluding hydrogens is 452 g/mol. The molecule has 0 saturated carbocycles. The van der Waals surface area contributed by atoms with E-state index in [1.807, 2.05) is 6.92 Å². The maximum Gasteiger partial charge on any atom is 0.326 e. The first-order chi connectivity index (χ1) is 16.8. The molecule has 11 heteroatoms. The Labute approximate surface area is 202 Å². The highest BCUT2D eigenvalue weighted by atomic mass is 16.4. The number of amidine groups is 1. The number of carbonyl (C=O) groups is 4. The van der Waals surface area contributed by atoms with Gasteiger partial charge in [-0.2, -0.15) is 0 Å². The molecule has 35 heavy (non-hydrogen) atoms. The first-order valence-electron chi connectivity index (χ1n) is 11.4. The van der Waals surface area contributed by atoms with Gasteiger partial charge in [0.1, 0.15) is 17.7 Å². The smallest absolute Gasteiger partial charge is 0.326 e. The van der Waals surface area contributed by atoms with Crippen molar-refractivity contribution in [2.75, 3.05) is 5.32 Å². The van der Waals surface area contributed by atoms with Gasteiger partial charge in [-0.25, -0.2) is 19.8 Å². The zero-order chi connectivity index (χ0) is 25.4. The zero-order valence-corrected chi connectivity index (χ0v) is 19.4. The molecule has 0 saturated heterocycles. The van der Waals surface area contributed by atoms with Crippen molar-refractivity contribution in [3.63, 3.8) is 0 Å². The number of amides is 1. The molecular formula is C24H28N6O5. The Hall–Kier alpha value is -4.15. The van der Waals surface area contributed by atoms with Gasteiger partial charge < -0.3 is 21.5 Å². The number of Topliss-reactive ketones (excluding diaryl/α,β-unsaturated/α-hetero) is 2. The highest BCUT2D eigenvalue weighted by Gasteiger charge is 2.23. The second-order valence-corrected chi connectivity index (χ2v) is 8.21.